The third-order valence-corrected chi connectivity index (χ3v) is 4.18. The standard InChI is InChI=1S/C15H12BrN3O3/c1-6-3-7(2)12(9(16)4-6)19-10(20)5-8-11(13(19)17)15(22)18-14(8)21/h3-5H,17H2,1-2H3,(H,18,21,22). The number of carbonyl (C=O) groups excluding carboxylic acids is 2. The highest BCUT2D eigenvalue weighted by molar-refractivity contribution is 9.10. The Labute approximate surface area is 134 Å². The monoisotopic (exact) mass is 361 g/mol. The Morgan fingerprint density at radius 3 is 2.41 bits per heavy atom. The largest absolute Gasteiger partial charge is 0.384 e. The number of halogens is 1. The molecule has 1 aliphatic rings. The van der Waals surface area contributed by atoms with E-state index in [4.69, 9.17) is 5.73 Å². The molecule has 0 aliphatic carbocycles. The molecule has 7 heteroatoms. The van der Waals surface area contributed by atoms with Gasteiger partial charge in [-0.2, -0.15) is 0 Å². The summed E-state index contributed by atoms with van der Waals surface area (Å²) >= 11 is 3.43. The number of nitrogens with one attached hydrogen (secondary N) is 1. The molecule has 0 saturated carbocycles. The molecule has 0 unspecified atom stereocenters. The Morgan fingerprint density at radius 2 is 1.77 bits per heavy atom. The minimum atomic E-state index is -0.601. The van der Waals surface area contributed by atoms with Crippen LogP contribution >= 0.6 is 15.9 Å². The number of hydrogen-bond donors (Lipinski definition) is 2. The molecule has 1 aromatic carbocycles. The third-order valence-electron chi connectivity index (χ3n) is 3.58. The molecule has 6 nitrogen and oxygen atoms in total. The van der Waals surface area contributed by atoms with Crippen LogP contribution in [0, 0.1) is 13.8 Å². The van der Waals surface area contributed by atoms with E-state index < -0.39 is 17.4 Å². The SMILES string of the molecule is Cc1cc(C)c(-n2c(N)c3c(cc2=O)C(=O)NC3=O)c(Br)c1. The zero-order chi connectivity index (χ0) is 16.2. The van der Waals surface area contributed by atoms with Gasteiger partial charge < -0.3 is 5.73 Å². The number of pyridine rings is 1. The van der Waals surface area contributed by atoms with E-state index >= 15 is 0 Å². The number of benzene rings is 1. The molecule has 0 bridgehead atoms. The van der Waals surface area contributed by atoms with Crippen molar-refractivity contribution in [1.82, 2.24) is 9.88 Å². The normalized spacial score (nSPS) is 13.2. The Morgan fingerprint density at radius 1 is 1.09 bits per heavy atom. The Hall–Kier alpha value is -2.41. The van der Waals surface area contributed by atoms with Crippen LogP contribution in [-0.2, 0) is 0 Å². The molecule has 0 atom stereocenters. The molecular weight excluding hydrogens is 350 g/mol. The number of carbonyl (C=O) groups is 2. The van der Waals surface area contributed by atoms with Crippen LogP contribution < -0.4 is 16.6 Å². The summed E-state index contributed by atoms with van der Waals surface area (Å²) in [6.45, 7) is 3.78. The van der Waals surface area contributed by atoms with Crippen molar-refractivity contribution < 1.29 is 9.59 Å². The van der Waals surface area contributed by atoms with E-state index in [1.165, 1.54) is 4.57 Å². The van der Waals surface area contributed by atoms with Crippen LogP contribution in [0.4, 0.5) is 5.82 Å². The molecule has 0 spiro atoms. The van der Waals surface area contributed by atoms with Gasteiger partial charge in [-0.05, 0) is 47.0 Å². The fourth-order valence-corrected chi connectivity index (χ4v) is 3.55. The number of nitrogens with zero attached hydrogens (tertiary/aromatic N) is 1. The maximum Gasteiger partial charge on any atom is 0.262 e. The van der Waals surface area contributed by atoms with Gasteiger partial charge in [0, 0.05) is 10.5 Å². The minimum Gasteiger partial charge on any atom is -0.384 e. The predicted octanol–water partition coefficient (Wildman–Crippen LogP) is 1.68. The molecule has 112 valence electrons. The molecule has 2 amide bonds. The highest BCUT2D eigenvalue weighted by Gasteiger charge is 2.32. The fraction of sp³-hybridized carbons (Fsp3) is 0.133. The van der Waals surface area contributed by atoms with Gasteiger partial charge in [-0.15, -0.1) is 0 Å². The van der Waals surface area contributed by atoms with Crippen molar-refractivity contribution in [1.29, 1.82) is 0 Å². The predicted molar refractivity (Wildman–Crippen MR) is 85.4 cm³/mol. The second-order valence-corrected chi connectivity index (χ2v) is 6.04. The smallest absolute Gasteiger partial charge is 0.262 e. The summed E-state index contributed by atoms with van der Waals surface area (Å²) in [5.74, 6) is -1.23. The number of rotatable bonds is 1. The highest BCUT2D eigenvalue weighted by atomic mass is 79.9. The average Bonchev–Trinajstić information content (AvgIpc) is 2.67. The third kappa shape index (κ3) is 1.97. The van der Waals surface area contributed by atoms with Gasteiger partial charge in [0.25, 0.3) is 17.4 Å². The number of hydrogen-bond acceptors (Lipinski definition) is 4. The molecule has 1 aromatic heterocycles. The van der Waals surface area contributed by atoms with Crippen molar-refractivity contribution in [2.24, 2.45) is 0 Å². The highest BCUT2D eigenvalue weighted by Crippen LogP contribution is 2.29. The van der Waals surface area contributed by atoms with Gasteiger partial charge in [-0.1, -0.05) is 6.07 Å². The fourth-order valence-electron chi connectivity index (χ4n) is 2.70. The summed E-state index contributed by atoms with van der Waals surface area (Å²) in [7, 11) is 0. The summed E-state index contributed by atoms with van der Waals surface area (Å²) in [5, 5.41) is 2.15. The number of nitrogens with two attached hydrogens (primary N) is 1. The maximum atomic E-state index is 12.4. The van der Waals surface area contributed by atoms with E-state index in [1.807, 2.05) is 26.0 Å². The molecule has 3 N–H and O–H groups in total. The first kappa shape index (κ1) is 14.5. The summed E-state index contributed by atoms with van der Waals surface area (Å²) in [6.07, 6.45) is 0. The first-order chi connectivity index (χ1) is 10.3. The molecule has 2 aromatic rings. The zero-order valence-corrected chi connectivity index (χ0v) is 13.4. The molecule has 22 heavy (non-hydrogen) atoms. The topological polar surface area (TPSA) is 94.2 Å². The molecular formula is C15H12BrN3O3. The summed E-state index contributed by atoms with van der Waals surface area (Å²) in [4.78, 5) is 36.0. The summed E-state index contributed by atoms with van der Waals surface area (Å²) in [5.41, 5.74) is 8.02. The van der Waals surface area contributed by atoms with Crippen LogP contribution in [0.3, 0.4) is 0 Å². The lowest BCUT2D eigenvalue weighted by molar-refractivity contribution is 0.0880. The van der Waals surface area contributed by atoms with Gasteiger partial charge in [0.1, 0.15) is 5.82 Å². The van der Waals surface area contributed by atoms with Crippen molar-refractivity contribution in [3.05, 3.63) is 55.3 Å². The zero-order valence-electron chi connectivity index (χ0n) is 11.9. The molecule has 0 radical (unpaired) electrons. The maximum absolute atomic E-state index is 12.4. The first-order valence-corrected chi connectivity index (χ1v) is 7.29. The number of amides is 2. The molecule has 0 saturated heterocycles. The van der Waals surface area contributed by atoms with Crippen molar-refractivity contribution in [3.63, 3.8) is 0 Å². The van der Waals surface area contributed by atoms with Crippen molar-refractivity contribution >= 4 is 33.6 Å². The number of nitrogen functional groups attached to an aromatic ring is 1. The van der Waals surface area contributed by atoms with Gasteiger partial charge in [0.15, 0.2) is 0 Å². The second-order valence-electron chi connectivity index (χ2n) is 5.19. The van der Waals surface area contributed by atoms with Crippen molar-refractivity contribution in [2.75, 3.05) is 5.73 Å². The Kier molecular flexibility index (Phi) is 3.17. The van der Waals surface area contributed by atoms with Gasteiger partial charge in [-0.25, -0.2) is 0 Å². The lowest BCUT2D eigenvalue weighted by Crippen LogP contribution is -2.25. The van der Waals surface area contributed by atoms with E-state index in [0.29, 0.717) is 10.2 Å². The number of fused-ring (bicyclic) bond motifs is 1. The molecule has 0 fully saturated rings. The van der Waals surface area contributed by atoms with E-state index in [0.717, 1.165) is 17.2 Å². The summed E-state index contributed by atoms with van der Waals surface area (Å²) in [6, 6.07) is 4.90. The van der Waals surface area contributed by atoms with Crippen LogP contribution in [0.1, 0.15) is 31.8 Å². The van der Waals surface area contributed by atoms with Crippen LogP contribution in [0.5, 0.6) is 0 Å². The number of anilines is 1. The van der Waals surface area contributed by atoms with Gasteiger partial charge in [0.2, 0.25) is 0 Å². The second kappa shape index (κ2) is 4.81. The van der Waals surface area contributed by atoms with Crippen LogP contribution in [0.15, 0.2) is 27.5 Å². The van der Waals surface area contributed by atoms with Crippen LogP contribution in [0.25, 0.3) is 5.69 Å². The van der Waals surface area contributed by atoms with Crippen molar-refractivity contribution in [2.45, 2.75) is 13.8 Å². The molecule has 2 heterocycles. The first-order valence-electron chi connectivity index (χ1n) is 6.49. The Bertz CT molecular complexity index is 892. The van der Waals surface area contributed by atoms with Crippen molar-refractivity contribution in [3.8, 4) is 5.69 Å². The van der Waals surface area contributed by atoms with Gasteiger partial charge >= 0.3 is 0 Å². The quantitative estimate of drug-likeness (QED) is 0.755. The van der Waals surface area contributed by atoms with E-state index in [2.05, 4.69) is 21.2 Å². The number of imide groups is 1. The minimum absolute atomic E-state index is 0.0182. The van der Waals surface area contributed by atoms with Gasteiger partial charge in [0.05, 0.1) is 16.8 Å². The molecule has 1 aliphatic heterocycles. The van der Waals surface area contributed by atoms with Crippen LogP contribution in [0.2, 0.25) is 0 Å². The van der Waals surface area contributed by atoms with E-state index in [-0.39, 0.29) is 16.9 Å². The number of aromatic nitrogens is 1. The average molecular weight is 362 g/mol. The number of aryl methyl sites for hydroxylation is 2. The van der Waals surface area contributed by atoms with E-state index in [9.17, 15) is 14.4 Å². The lowest BCUT2D eigenvalue weighted by atomic mass is 10.1. The Balaban J connectivity index is 2.40. The lowest BCUT2D eigenvalue weighted by Gasteiger charge is -2.16. The van der Waals surface area contributed by atoms with Crippen LogP contribution in [-0.4, -0.2) is 16.4 Å². The van der Waals surface area contributed by atoms with Gasteiger partial charge in [-0.3, -0.25) is 24.3 Å². The summed E-state index contributed by atoms with van der Waals surface area (Å²) < 4.78 is 1.93. The van der Waals surface area contributed by atoms with E-state index in [1.54, 1.807) is 0 Å². The molecule has 3 rings (SSSR count).